The molecule has 0 aliphatic rings. The summed E-state index contributed by atoms with van der Waals surface area (Å²) in [7, 11) is -1.01. The Bertz CT molecular complexity index is 733. The predicted molar refractivity (Wildman–Crippen MR) is 131 cm³/mol. The molecule has 1 aromatic carbocycles. The number of rotatable bonds is 9. The maximum absolute atomic E-state index is 4.56. The molecule has 0 fully saturated rings. The minimum atomic E-state index is -1.01. The highest BCUT2D eigenvalue weighted by atomic mass is 32.2. The van der Waals surface area contributed by atoms with E-state index >= 15 is 0 Å². The molecular weight excluding hydrogens is 352 g/mol. The first kappa shape index (κ1) is 23.2. The van der Waals surface area contributed by atoms with E-state index in [4.69, 9.17) is 0 Å². The second-order valence-corrected chi connectivity index (χ2v) is 12.7. The first-order valence-corrected chi connectivity index (χ1v) is 13.1. The molecular formula is C24H38S2. The van der Waals surface area contributed by atoms with E-state index in [1.54, 1.807) is 16.6 Å². The summed E-state index contributed by atoms with van der Waals surface area (Å²) in [6.07, 6.45) is 10.7. The number of hydrogen-bond acceptors (Lipinski definition) is 1. The molecule has 0 nitrogen and oxygen atoms in total. The zero-order chi connectivity index (χ0) is 19.9. The minimum Gasteiger partial charge on any atom is -0.210 e. The number of benzene rings is 1. The Kier molecular flexibility index (Phi) is 9.33. The van der Waals surface area contributed by atoms with Crippen LogP contribution in [0, 0.1) is 11.8 Å². The van der Waals surface area contributed by atoms with Crippen LogP contribution in [0.25, 0.3) is 4.91 Å². The van der Waals surface area contributed by atoms with Crippen molar-refractivity contribution < 1.29 is 0 Å². The average Bonchev–Trinajstić information content (AvgIpc) is 2.58. The third kappa shape index (κ3) is 6.70. The van der Waals surface area contributed by atoms with Crippen molar-refractivity contribution in [3.05, 3.63) is 53.0 Å². The van der Waals surface area contributed by atoms with Crippen LogP contribution in [-0.2, 0) is 0 Å². The lowest BCUT2D eigenvalue weighted by Gasteiger charge is -2.27. The fourth-order valence-corrected chi connectivity index (χ4v) is 6.03. The first-order valence-electron chi connectivity index (χ1n) is 9.65. The molecule has 0 N–H and O–H groups in total. The third-order valence-corrected chi connectivity index (χ3v) is 7.90. The van der Waals surface area contributed by atoms with E-state index in [1.165, 1.54) is 35.3 Å². The fraction of sp³-hybridized carbons (Fsp3) is 0.500. The summed E-state index contributed by atoms with van der Waals surface area (Å²) in [6, 6.07) is 9.01. The summed E-state index contributed by atoms with van der Waals surface area (Å²) in [5.74, 6) is 5.82. The van der Waals surface area contributed by atoms with Gasteiger partial charge < -0.3 is 0 Å². The summed E-state index contributed by atoms with van der Waals surface area (Å²) in [5.41, 5.74) is 2.57. The lowest BCUT2D eigenvalue weighted by molar-refractivity contribution is 0.436. The Balaban J connectivity index is 3.16. The van der Waals surface area contributed by atoms with Crippen LogP contribution in [0.4, 0.5) is 0 Å². The quantitative estimate of drug-likeness (QED) is 0.306. The predicted octanol–water partition coefficient (Wildman–Crippen LogP) is 7.79. The molecule has 0 bridgehead atoms. The third-order valence-electron chi connectivity index (χ3n) is 5.06. The van der Waals surface area contributed by atoms with Crippen LogP contribution in [0.3, 0.4) is 0 Å². The van der Waals surface area contributed by atoms with Crippen LogP contribution in [0.1, 0.15) is 65.0 Å². The second-order valence-electron chi connectivity index (χ2n) is 7.81. The van der Waals surface area contributed by atoms with Crippen LogP contribution in [-0.4, -0.2) is 23.2 Å². The number of unbranched alkanes of at least 4 members (excludes halogenated alkanes) is 1. The summed E-state index contributed by atoms with van der Waals surface area (Å²) in [4.78, 5) is 3.95. The molecule has 2 atom stereocenters. The van der Waals surface area contributed by atoms with Crippen molar-refractivity contribution in [1.29, 1.82) is 0 Å². The molecule has 1 aromatic rings. The lowest BCUT2D eigenvalue weighted by atomic mass is 9.86. The standard InChI is InChI=1S/C24H38S2/c1-10-12-13-18(3)20(5)24(26(7,8)9)23-16-14-22(15-17-23)21(6)25-19(4)11-2/h11,14-18,20H,6-7,10,12-13H2,1-5,8-9H3/b19-11-/t18?,20-/m0/s1. The van der Waals surface area contributed by atoms with Gasteiger partial charge in [-0.15, -0.1) is 0 Å². The number of thioether (sulfide) groups is 1. The Morgan fingerprint density at radius 1 is 1.15 bits per heavy atom. The van der Waals surface area contributed by atoms with Gasteiger partial charge in [0.2, 0.25) is 0 Å². The van der Waals surface area contributed by atoms with Gasteiger partial charge in [0, 0.05) is 4.91 Å². The number of hydrogen-bond donors (Lipinski definition) is 0. The molecule has 26 heavy (non-hydrogen) atoms. The second kappa shape index (κ2) is 10.5. The smallest absolute Gasteiger partial charge is 0.0119 e. The zero-order valence-electron chi connectivity index (χ0n) is 17.9. The van der Waals surface area contributed by atoms with Crippen LogP contribution < -0.4 is 0 Å². The highest BCUT2D eigenvalue weighted by Gasteiger charge is 2.20. The normalized spacial score (nSPS) is 14.8. The fourth-order valence-electron chi connectivity index (χ4n) is 3.25. The Morgan fingerprint density at radius 2 is 1.69 bits per heavy atom. The van der Waals surface area contributed by atoms with Gasteiger partial charge in [-0.1, -0.05) is 94.6 Å². The summed E-state index contributed by atoms with van der Waals surface area (Å²) < 4.78 is 0. The summed E-state index contributed by atoms with van der Waals surface area (Å²) in [5, 5.41) is 0. The van der Waals surface area contributed by atoms with Crippen LogP contribution in [0.5, 0.6) is 0 Å². The molecule has 0 spiro atoms. The molecule has 0 amide bonds. The van der Waals surface area contributed by atoms with Crippen LogP contribution >= 0.6 is 21.0 Å². The van der Waals surface area contributed by atoms with Gasteiger partial charge in [-0.2, -0.15) is 0 Å². The van der Waals surface area contributed by atoms with Crippen molar-refractivity contribution in [3.8, 4) is 0 Å². The molecule has 1 rings (SSSR count). The highest BCUT2D eigenvalue weighted by Crippen LogP contribution is 2.34. The van der Waals surface area contributed by atoms with E-state index in [1.807, 2.05) is 0 Å². The number of allylic oxidation sites excluding steroid dienone is 2. The van der Waals surface area contributed by atoms with Crippen LogP contribution in [0.2, 0.25) is 0 Å². The zero-order valence-corrected chi connectivity index (χ0v) is 19.5. The van der Waals surface area contributed by atoms with Gasteiger partial charge in [0.05, 0.1) is 0 Å². The summed E-state index contributed by atoms with van der Waals surface area (Å²) in [6.45, 7) is 15.5. The van der Waals surface area contributed by atoms with E-state index in [0.29, 0.717) is 11.8 Å². The van der Waals surface area contributed by atoms with E-state index in [0.717, 1.165) is 4.91 Å². The Hall–Kier alpha value is -0.860. The maximum Gasteiger partial charge on any atom is 0.0119 e. The van der Waals surface area contributed by atoms with E-state index in [-0.39, 0.29) is 0 Å². The Morgan fingerprint density at radius 3 is 2.15 bits per heavy atom. The van der Waals surface area contributed by atoms with Crippen LogP contribution in [0.15, 0.2) is 41.8 Å². The molecule has 0 aliphatic carbocycles. The molecule has 0 radical (unpaired) electrons. The van der Waals surface area contributed by atoms with Gasteiger partial charge in [0.25, 0.3) is 0 Å². The largest absolute Gasteiger partial charge is 0.210 e. The molecule has 0 saturated carbocycles. The van der Waals surface area contributed by atoms with Crippen molar-refractivity contribution in [1.82, 2.24) is 0 Å². The van der Waals surface area contributed by atoms with Gasteiger partial charge in [-0.25, -0.2) is 9.21 Å². The van der Waals surface area contributed by atoms with Gasteiger partial charge in [0.1, 0.15) is 0 Å². The van der Waals surface area contributed by atoms with Crippen molar-refractivity contribution in [2.45, 2.75) is 53.9 Å². The maximum atomic E-state index is 4.56. The first-order chi connectivity index (χ1) is 12.1. The molecule has 1 unspecified atom stereocenters. The minimum absolute atomic E-state index is 0.567. The lowest BCUT2D eigenvalue weighted by Crippen LogP contribution is -2.21. The molecule has 2 heteroatoms. The Labute approximate surface area is 167 Å². The van der Waals surface area contributed by atoms with Gasteiger partial charge in [0.15, 0.2) is 0 Å². The highest BCUT2D eigenvalue weighted by molar-refractivity contribution is 8.28. The monoisotopic (exact) mass is 390 g/mol. The van der Waals surface area contributed by atoms with Crippen molar-refractivity contribution in [2.24, 2.45) is 11.8 Å². The van der Waals surface area contributed by atoms with Crippen molar-refractivity contribution in [3.63, 3.8) is 0 Å². The van der Waals surface area contributed by atoms with E-state index in [9.17, 15) is 0 Å². The SMILES string of the molecule is C=C(S/C(C)=C\C)c1ccc(C([C@@H](C)C(C)CCCC)=S(=C)(C)C)cc1. The molecule has 146 valence electrons. The average molecular weight is 391 g/mol. The van der Waals surface area contributed by atoms with E-state index < -0.39 is 9.21 Å². The van der Waals surface area contributed by atoms with Gasteiger partial charge in [-0.3, -0.25) is 0 Å². The molecule has 0 aromatic heterocycles. The molecule has 0 aliphatic heterocycles. The van der Waals surface area contributed by atoms with Gasteiger partial charge in [-0.05, 0) is 59.1 Å². The van der Waals surface area contributed by atoms with Crippen molar-refractivity contribution >= 4 is 36.6 Å². The van der Waals surface area contributed by atoms with E-state index in [2.05, 4.69) is 89.9 Å². The molecule has 0 saturated heterocycles. The molecule has 0 heterocycles. The topological polar surface area (TPSA) is 0 Å². The summed E-state index contributed by atoms with van der Waals surface area (Å²) >= 11 is 1.75. The van der Waals surface area contributed by atoms with Crippen molar-refractivity contribution in [2.75, 3.05) is 12.5 Å². The van der Waals surface area contributed by atoms with Gasteiger partial charge >= 0.3 is 0 Å².